The van der Waals surface area contributed by atoms with Gasteiger partial charge < -0.3 is 15.3 Å². The van der Waals surface area contributed by atoms with Crippen molar-refractivity contribution in [3.8, 4) is 0 Å². The molecule has 7 nitrogen and oxygen atoms in total. The average Bonchev–Trinajstić information content (AvgIpc) is 2.53. The minimum absolute atomic E-state index is 0.106. The topological polar surface area (TPSA) is 95.7 Å². The Hall–Kier alpha value is -2.15. The number of nitro groups is 1. The first-order valence-electron chi connectivity index (χ1n) is 6.93. The molecule has 0 spiro atoms. The van der Waals surface area contributed by atoms with Gasteiger partial charge in [-0.2, -0.15) is 0 Å². The van der Waals surface area contributed by atoms with E-state index < -0.39 is 4.92 Å². The molecule has 21 heavy (non-hydrogen) atoms. The molecular weight excluding hydrogens is 274 g/mol. The van der Waals surface area contributed by atoms with Crippen LogP contribution in [0.5, 0.6) is 0 Å². The molecule has 0 aliphatic carbocycles. The SMILES string of the molecule is CNc1ccc([N+](=O)[O-])c(C(=O)N2CCC(CO)CC2)c1. The Labute approximate surface area is 122 Å². The third-order valence-corrected chi connectivity index (χ3v) is 3.87. The molecule has 0 radical (unpaired) electrons. The molecule has 1 aliphatic heterocycles. The van der Waals surface area contributed by atoms with E-state index in [0.29, 0.717) is 18.8 Å². The number of nitrogens with zero attached hydrogens (tertiary/aromatic N) is 2. The summed E-state index contributed by atoms with van der Waals surface area (Å²) in [5.41, 5.74) is 0.590. The number of nitrogens with one attached hydrogen (secondary N) is 1. The van der Waals surface area contributed by atoms with E-state index in [0.717, 1.165) is 12.8 Å². The summed E-state index contributed by atoms with van der Waals surface area (Å²) in [6, 6.07) is 4.44. The number of aliphatic hydroxyl groups is 1. The molecule has 0 atom stereocenters. The van der Waals surface area contributed by atoms with Gasteiger partial charge >= 0.3 is 0 Å². The van der Waals surface area contributed by atoms with Gasteiger partial charge in [-0.3, -0.25) is 14.9 Å². The summed E-state index contributed by atoms with van der Waals surface area (Å²) in [5, 5.41) is 23.1. The van der Waals surface area contributed by atoms with Crippen molar-refractivity contribution in [2.24, 2.45) is 5.92 Å². The summed E-state index contributed by atoms with van der Waals surface area (Å²) in [6.07, 6.45) is 1.45. The van der Waals surface area contributed by atoms with Crippen molar-refractivity contribution in [3.05, 3.63) is 33.9 Å². The highest BCUT2D eigenvalue weighted by Gasteiger charge is 2.28. The number of nitro benzene ring substituents is 1. The van der Waals surface area contributed by atoms with Crippen molar-refractivity contribution < 1.29 is 14.8 Å². The van der Waals surface area contributed by atoms with Crippen molar-refractivity contribution in [3.63, 3.8) is 0 Å². The lowest BCUT2D eigenvalue weighted by atomic mass is 9.97. The minimum Gasteiger partial charge on any atom is -0.396 e. The highest BCUT2D eigenvalue weighted by molar-refractivity contribution is 5.99. The van der Waals surface area contributed by atoms with E-state index in [-0.39, 0.29) is 29.7 Å². The third kappa shape index (κ3) is 3.30. The summed E-state index contributed by atoms with van der Waals surface area (Å²) >= 11 is 0. The number of aliphatic hydroxyl groups excluding tert-OH is 1. The number of hydrogen-bond acceptors (Lipinski definition) is 5. The van der Waals surface area contributed by atoms with Gasteiger partial charge in [0.25, 0.3) is 11.6 Å². The average molecular weight is 293 g/mol. The molecule has 1 fully saturated rings. The molecule has 1 aromatic carbocycles. The lowest BCUT2D eigenvalue weighted by molar-refractivity contribution is -0.385. The van der Waals surface area contributed by atoms with Gasteiger partial charge in [-0.05, 0) is 30.9 Å². The number of anilines is 1. The molecule has 1 saturated heterocycles. The molecule has 2 N–H and O–H groups in total. The van der Waals surface area contributed by atoms with Crippen LogP contribution in [0.3, 0.4) is 0 Å². The predicted octanol–water partition coefficient (Wildman–Crippen LogP) is 1.48. The van der Waals surface area contributed by atoms with Gasteiger partial charge in [0.05, 0.1) is 4.92 Å². The van der Waals surface area contributed by atoms with Gasteiger partial charge in [-0.15, -0.1) is 0 Å². The van der Waals surface area contributed by atoms with Crippen LogP contribution in [0.2, 0.25) is 0 Å². The molecule has 0 unspecified atom stereocenters. The maximum Gasteiger partial charge on any atom is 0.282 e. The fraction of sp³-hybridized carbons (Fsp3) is 0.500. The fourth-order valence-corrected chi connectivity index (χ4v) is 2.51. The van der Waals surface area contributed by atoms with Crippen LogP contribution < -0.4 is 5.32 Å². The number of amides is 1. The van der Waals surface area contributed by atoms with Crippen LogP contribution >= 0.6 is 0 Å². The van der Waals surface area contributed by atoms with E-state index >= 15 is 0 Å². The van der Waals surface area contributed by atoms with Gasteiger partial charge in [0.15, 0.2) is 0 Å². The zero-order valence-corrected chi connectivity index (χ0v) is 11.9. The first-order valence-corrected chi connectivity index (χ1v) is 6.93. The summed E-state index contributed by atoms with van der Waals surface area (Å²) in [7, 11) is 1.70. The van der Waals surface area contributed by atoms with E-state index in [9.17, 15) is 14.9 Å². The Kier molecular flexibility index (Phi) is 4.74. The number of benzene rings is 1. The number of carbonyl (C=O) groups excluding carboxylic acids is 1. The quantitative estimate of drug-likeness (QED) is 0.647. The maximum absolute atomic E-state index is 12.5. The Morgan fingerprint density at radius 1 is 1.48 bits per heavy atom. The van der Waals surface area contributed by atoms with E-state index in [4.69, 9.17) is 5.11 Å². The second kappa shape index (κ2) is 6.53. The van der Waals surface area contributed by atoms with Gasteiger partial charge in [0.2, 0.25) is 0 Å². The van der Waals surface area contributed by atoms with Crippen LogP contribution in [-0.2, 0) is 0 Å². The van der Waals surface area contributed by atoms with E-state index in [1.807, 2.05) is 0 Å². The van der Waals surface area contributed by atoms with Crippen molar-refractivity contribution in [2.75, 3.05) is 32.1 Å². The predicted molar refractivity (Wildman–Crippen MR) is 78.4 cm³/mol. The number of hydrogen-bond donors (Lipinski definition) is 2. The zero-order valence-electron chi connectivity index (χ0n) is 11.9. The molecular formula is C14H19N3O4. The largest absolute Gasteiger partial charge is 0.396 e. The fourth-order valence-electron chi connectivity index (χ4n) is 2.51. The van der Waals surface area contributed by atoms with Gasteiger partial charge in [0, 0.05) is 38.5 Å². The van der Waals surface area contributed by atoms with E-state index in [1.165, 1.54) is 12.1 Å². The van der Waals surface area contributed by atoms with Gasteiger partial charge in [0.1, 0.15) is 5.56 Å². The lowest BCUT2D eigenvalue weighted by Crippen LogP contribution is -2.39. The number of carbonyl (C=O) groups is 1. The van der Waals surface area contributed by atoms with Crippen LogP contribution in [0.25, 0.3) is 0 Å². The van der Waals surface area contributed by atoms with Crippen molar-refractivity contribution >= 4 is 17.3 Å². The van der Waals surface area contributed by atoms with E-state index in [2.05, 4.69) is 5.32 Å². The maximum atomic E-state index is 12.5. The molecule has 1 amide bonds. The molecule has 0 saturated carbocycles. The molecule has 0 aromatic heterocycles. The standard InChI is InChI=1S/C14H19N3O4/c1-15-11-2-3-13(17(20)21)12(8-11)14(19)16-6-4-10(9-18)5-7-16/h2-3,8,10,15,18H,4-7,9H2,1H3. The number of piperidine rings is 1. The molecule has 1 heterocycles. The summed E-state index contributed by atoms with van der Waals surface area (Å²) < 4.78 is 0. The highest BCUT2D eigenvalue weighted by Crippen LogP contribution is 2.26. The lowest BCUT2D eigenvalue weighted by Gasteiger charge is -2.31. The zero-order chi connectivity index (χ0) is 15.4. The van der Waals surface area contributed by atoms with Crippen LogP contribution in [0.4, 0.5) is 11.4 Å². The Balaban J connectivity index is 2.23. The van der Waals surface area contributed by atoms with Gasteiger partial charge in [-0.25, -0.2) is 0 Å². The second-order valence-corrected chi connectivity index (χ2v) is 5.16. The Bertz CT molecular complexity index is 539. The normalized spacial score (nSPS) is 15.8. The van der Waals surface area contributed by atoms with Crippen LogP contribution in [-0.4, -0.2) is 47.6 Å². The number of rotatable bonds is 4. The summed E-state index contributed by atoms with van der Waals surface area (Å²) in [4.78, 5) is 24.7. The van der Waals surface area contributed by atoms with E-state index in [1.54, 1.807) is 18.0 Å². The van der Waals surface area contributed by atoms with Crippen molar-refractivity contribution in [2.45, 2.75) is 12.8 Å². The molecule has 1 aromatic rings. The number of likely N-dealkylation sites (tertiary alicyclic amines) is 1. The Morgan fingerprint density at radius 2 is 2.14 bits per heavy atom. The van der Waals surface area contributed by atoms with Crippen molar-refractivity contribution in [1.29, 1.82) is 0 Å². The smallest absolute Gasteiger partial charge is 0.282 e. The first kappa shape index (κ1) is 15.2. The third-order valence-electron chi connectivity index (χ3n) is 3.87. The first-order chi connectivity index (χ1) is 10.1. The summed E-state index contributed by atoms with van der Waals surface area (Å²) in [6.45, 7) is 1.16. The monoisotopic (exact) mass is 293 g/mol. The van der Waals surface area contributed by atoms with Crippen LogP contribution in [0.15, 0.2) is 18.2 Å². The molecule has 114 valence electrons. The van der Waals surface area contributed by atoms with Crippen LogP contribution in [0.1, 0.15) is 23.2 Å². The highest BCUT2D eigenvalue weighted by atomic mass is 16.6. The van der Waals surface area contributed by atoms with Crippen molar-refractivity contribution in [1.82, 2.24) is 4.90 Å². The molecule has 1 aliphatic rings. The molecule has 0 bridgehead atoms. The summed E-state index contributed by atoms with van der Waals surface area (Å²) in [5.74, 6) is -0.108. The van der Waals surface area contributed by atoms with Crippen LogP contribution in [0, 0.1) is 16.0 Å². The second-order valence-electron chi connectivity index (χ2n) is 5.16. The Morgan fingerprint density at radius 3 is 2.67 bits per heavy atom. The molecule has 2 rings (SSSR count). The minimum atomic E-state index is -0.535. The molecule has 7 heteroatoms. The van der Waals surface area contributed by atoms with Gasteiger partial charge in [-0.1, -0.05) is 0 Å².